The Kier molecular flexibility index (Phi) is 5.04. The molecule has 0 atom stereocenters. The smallest absolute Gasteiger partial charge is 0.236 e. The predicted molar refractivity (Wildman–Crippen MR) is 105 cm³/mol. The average Bonchev–Trinajstić information content (AvgIpc) is 3.31. The third kappa shape index (κ3) is 3.65. The SMILES string of the molecule is CC(C)Cc1nnc(NC(=O)C2(c3ccc4c(c3)OCCO4)CCCC2)s1. The second kappa shape index (κ2) is 7.46. The number of nitrogens with one attached hydrogen (secondary N) is 1. The molecule has 0 saturated heterocycles. The van der Waals surface area contributed by atoms with Gasteiger partial charge in [-0.15, -0.1) is 10.2 Å². The lowest BCUT2D eigenvalue weighted by Gasteiger charge is -2.29. The van der Waals surface area contributed by atoms with Gasteiger partial charge in [-0.3, -0.25) is 10.1 Å². The zero-order chi connectivity index (χ0) is 18.9. The Bertz CT molecular complexity index is 828. The maximum atomic E-state index is 13.3. The van der Waals surface area contributed by atoms with E-state index in [0.717, 1.165) is 54.2 Å². The van der Waals surface area contributed by atoms with E-state index < -0.39 is 5.41 Å². The Morgan fingerprint density at radius 1 is 1.19 bits per heavy atom. The monoisotopic (exact) mass is 387 g/mol. The average molecular weight is 388 g/mol. The van der Waals surface area contributed by atoms with Crippen LogP contribution in [0.25, 0.3) is 0 Å². The summed E-state index contributed by atoms with van der Waals surface area (Å²) in [4.78, 5) is 13.3. The van der Waals surface area contributed by atoms with Crippen LogP contribution in [-0.2, 0) is 16.6 Å². The number of anilines is 1. The molecule has 1 aliphatic carbocycles. The number of benzene rings is 1. The summed E-state index contributed by atoms with van der Waals surface area (Å²) in [6.07, 6.45) is 4.61. The molecule has 0 spiro atoms. The van der Waals surface area contributed by atoms with Gasteiger partial charge in [-0.2, -0.15) is 0 Å². The van der Waals surface area contributed by atoms with Gasteiger partial charge in [-0.1, -0.05) is 44.1 Å². The minimum atomic E-state index is -0.542. The molecule has 1 aromatic heterocycles. The van der Waals surface area contributed by atoms with Crippen molar-refractivity contribution in [3.63, 3.8) is 0 Å². The number of rotatable bonds is 5. The van der Waals surface area contributed by atoms with Crippen LogP contribution < -0.4 is 14.8 Å². The first-order valence-electron chi connectivity index (χ1n) is 9.61. The maximum Gasteiger partial charge on any atom is 0.236 e. The van der Waals surface area contributed by atoms with Gasteiger partial charge < -0.3 is 9.47 Å². The van der Waals surface area contributed by atoms with E-state index in [1.54, 1.807) is 0 Å². The first-order valence-corrected chi connectivity index (χ1v) is 10.4. The highest BCUT2D eigenvalue weighted by Gasteiger charge is 2.43. The van der Waals surface area contributed by atoms with E-state index in [1.807, 2.05) is 18.2 Å². The van der Waals surface area contributed by atoms with Gasteiger partial charge in [-0.05, 0) is 36.5 Å². The molecule has 27 heavy (non-hydrogen) atoms. The Hall–Kier alpha value is -2.15. The topological polar surface area (TPSA) is 73.3 Å². The Balaban J connectivity index is 1.58. The van der Waals surface area contributed by atoms with E-state index in [1.165, 1.54) is 11.3 Å². The van der Waals surface area contributed by atoms with Crippen molar-refractivity contribution < 1.29 is 14.3 Å². The quantitative estimate of drug-likeness (QED) is 0.841. The number of amides is 1. The number of hydrogen-bond donors (Lipinski definition) is 1. The summed E-state index contributed by atoms with van der Waals surface area (Å²) in [5.74, 6) is 2.00. The summed E-state index contributed by atoms with van der Waals surface area (Å²) in [5, 5.41) is 12.9. The van der Waals surface area contributed by atoms with Crippen LogP contribution >= 0.6 is 11.3 Å². The summed E-state index contributed by atoms with van der Waals surface area (Å²) in [7, 11) is 0. The molecule has 0 radical (unpaired) electrons. The molecule has 2 aromatic rings. The third-order valence-corrected chi connectivity index (χ3v) is 6.12. The Morgan fingerprint density at radius 3 is 2.67 bits per heavy atom. The van der Waals surface area contributed by atoms with Crippen molar-refractivity contribution in [2.75, 3.05) is 18.5 Å². The predicted octanol–water partition coefficient (Wildman–Crippen LogP) is 3.96. The molecule has 1 saturated carbocycles. The van der Waals surface area contributed by atoms with Crippen LogP contribution in [0.1, 0.15) is 50.1 Å². The van der Waals surface area contributed by atoms with Crippen LogP contribution in [0.3, 0.4) is 0 Å². The zero-order valence-corrected chi connectivity index (χ0v) is 16.6. The Labute approximate surface area is 163 Å². The van der Waals surface area contributed by atoms with Crippen molar-refractivity contribution in [2.24, 2.45) is 5.92 Å². The number of carbonyl (C=O) groups is 1. The molecule has 0 unspecified atom stereocenters. The fourth-order valence-corrected chi connectivity index (χ4v) is 4.87. The van der Waals surface area contributed by atoms with Crippen molar-refractivity contribution >= 4 is 22.4 Å². The van der Waals surface area contributed by atoms with Gasteiger partial charge in [0, 0.05) is 6.42 Å². The van der Waals surface area contributed by atoms with E-state index in [-0.39, 0.29) is 5.91 Å². The van der Waals surface area contributed by atoms with Crippen molar-refractivity contribution in [3.05, 3.63) is 28.8 Å². The third-order valence-electron chi connectivity index (χ3n) is 5.26. The van der Waals surface area contributed by atoms with Crippen LogP contribution in [0.15, 0.2) is 18.2 Å². The van der Waals surface area contributed by atoms with Crippen molar-refractivity contribution in [3.8, 4) is 11.5 Å². The van der Waals surface area contributed by atoms with E-state index >= 15 is 0 Å². The lowest BCUT2D eigenvalue weighted by molar-refractivity contribution is -0.121. The number of nitrogens with zero attached hydrogens (tertiary/aromatic N) is 2. The van der Waals surface area contributed by atoms with E-state index in [2.05, 4.69) is 29.4 Å². The molecule has 1 N–H and O–H groups in total. The van der Waals surface area contributed by atoms with E-state index in [9.17, 15) is 4.79 Å². The number of hydrogen-bond acceptors (Lipinski definition) is 6. The summed E-state index contributed by atoms with van der Waals surface area (Å²) in [5.41, 5.74) is 0.452. The Morgan fingerprint density at radius 2 is 1.93 bits per heavy atom. The largest absolute Gasteiger partial charge is 0.486 e. The van der Waals surface area contributed by atoms with E-state index in [4.69, 9.17) is 9.47 Å². The van der Waals surface area contributed by atoms with Gasteiger partial charge >= 0.3 is 0 Å². The fraction of sp³-hybridized carbons (Fsp3) is 0.550. The van der Waals surface area contributed by atoms with Crippen LogP contribution in [0.2, 0.25) is 0 Å². The molecule has 6 nitrogen and oxygen atoms in total. The summed E-state index contributed by atoms with van der Waals surface area (Å²) < 4.78 is 11.4. The second-order valence-corrected chi connectivity index (χ2v) is 8.76. The minimum absolute atomic E-state index is 0.00363. The van der Waals surface area contributed by atoms with Gasteiger partial charge in [0.05, 0.1) is 5.41 Å². The lowest BCUT2D eigenvalue weighted by Crippen LogP contribution is -2.38. The molecule has 7 heteroatoms. The molecule has 2 aliphatic rings. The van der Waals surface area contributed by atoms with Gasteiger partial charge in [0.2, 0.25) is 11.0 Å². The van der Waals surface area contributed by atoms with Crippen LogP contribution in [0.4, 0.5) is 5.13 Å². The molecule has 0 bridgehead atoms. The molecular weight excluding hydrogens is 362 g/mol. The van der Waals surface area contributed by atoms with Crippen LogP contribution in [0, 0.1) is 5.92 Å². The first kappa shape index (κ1) is 18.2. The summed E-state index contributed by atoms with van der Waals surface area (Å²) in [6.45, 7) is 5.40. The standard InChI is InChI=1S/C20H25N3O3S/c1-13(2)11-17-22-23-19(27-17)21-18(24)20(7-3-4-8-20)14-5-6-15-16(12-14)26-10-9-25-15/h5-6,12-13H,3-4,7-11H2,1-2H3,(H,21,23,24). The highest BCUT2D eigenvalue weighted by Crippen LogP contribution is 2.45. The second-order valence-electron chi connectivity index (χ2n) is 7.70. The number of carbonyl (C=O) groups excluding carboxylic acids is 1. The van der Waals surface area contributed by atoms with Gasteiger partial charge in [0.1, 0.15) is 18.2 Å². The number of aromatic nitrogens is 2. The molecule has 1 amide bonds. The summed E-state index contributed by atoms with van der Waals surface area (Å²) in [6, 6.07) is 5.90. The molecule has 1 aromatic carbocycles. The zero-order valence-electron chi connectivity index (χ0n) is 15.8. The molecular formula is C20H25N3O3S. The van der Waals surface area contributed by atoms with E-state index in [0.29, 0.717) is 24.3 Å². The molecule has 1 aliphatic heterocycles. The van der Waals surface area contributed by atoms with Crippen molar-refractivity contribution in [1.82, 2.24) is 10.2 Å². The first-order chi connectivity index (χ1) is 13.1. The molecule has 1 fully saturated rings. The maximum absolute atomic E-state index is 13.3. The highest BCUT2D eigenvalue weighted by atomic mass is 32.1. The minimum Gasteiger partial charge on any atom is -0.486 e. The fourth-order valence-electron chi connectivity index (χ4n) is 3.92. The number of ether oxygens (including phenoxy) is 2. The van der Waals surface area contributed by atoms with Gasteiger partial charge in [-0.25, -0.2) is 0 Å². The summed E-state index contributed by atoms with van der Waals surface area (Å²) >= 11 is 1.47. The molecule has 4 rings (SSSR count). The lowest BCUT2D eigenvalue weighted by atomic mass is 9.78. The van der Waals surface area contributed by atoms with Crippen LogP contribution in [0.5, 0.6) is 11.5 Å². The van der Waals surface area contributed by atoms with Crippen molar-refractivity contribution in [1.29, 1.82) is 0 Å². The van der Waals surface area contributed by atoms with Crippen molar-refractivity contribution in [2.45, 2.75) is 51.4 Å². The van der Waals surface area contributed by atoms with Gasteiger partial charge in [0.25, 0.3) is 0 Å². The van der Waals surface area contributed by atoms with Crippen LogP contribution in [-0.4, -0.2) is 29.3 Å². The number of fused-ring (bicyclic) bond motifs is 1. The normalized spacial score (nSPS) is 17.9. The molecule has 2 heterocycles. The van der Waals surface area contributed by atoms with Gasteiger partial charge in [0.15, 0.2) is 11.5 Å². The molecule has 144 valence electrons. The highest BCUT2D eigenvalue weighted by molar-refractivity contribution is 7.15.